The van der Waals surface area contributed by atoms with E-state index >= 15 is 0 Å². The molecule has 2 fully saturated rings. The van der Waals surface area contributed by atoms with E-state index in [0.717, 1.165) is 43.9 Å². The second-order valence-electron chi connectivity index (χ2n) is 6.10. The molecule has 5 heteroatoms. The molecule has 2 aliphatic rings. The van der Waals surface area contributed by atoms with Crippen LogP contribution in [0.4, 0.5) is 0 Å². The van der Waals surface area contributed by atoms with Crippen molar-refractivity contribution < 1.29 is 9.26 Å². The number of rotatable bonds is 5. The van der Waals surface area contributed by atoms with Gasteiger partial charge in [0, 0.05) is 19.6 Å². The first kappa shape index (κ1) is 14.0. The summed E-state index contributed by atoms with van der Waals surface area (Å²) in [6.45, 7) is 1.15. The van der Waals surface area contributed by atoms with Gasteiger partial charge in [0.15, 0.2) is 0 Å². The second-order valence-corrected chi connectivity index (χ2v) is 6.10. The average Bonchev–Trinajstić information content (AvgIpc) is 3.16. The highest BCUT2D eigenvalue weighted by atomic mass is 16.5. The Morgan fingerprint density at radius 3 is 2.85 bits per heavy atom. The van der Waals surface area contributed by atoms with E-state index in [0.29, 0.717) is 6.04 Å². The van der Waals surface area contributed by atoms with Crippen molar-refractivity contribution in [2.45, 2.75) is 69.4 Å². The molecule has 0 amide bonds. The second kappa shape index (κ2) is 6.22. The molecule has 2 heterocycles. The predicted octanol–water partition coefficient (Wildman–Crippen LogP) is 2.56. The van der Waals surface area contributed by atoms with Crippen LogP contribution in [0.3, 0.4) is 0 Å². The number of methoxy groups -OCH3 is 1. The fraction of sp³-hybridized carbons (Fsp3) is 0.867. The monoisotopic (exact) mass is 279 g/mol. The summed E-state index contributed by atoms with van der Waals surface area (Å²) < 4.78 is 11.1. The Hall–Kier alpha value is -0.940. The average molecular weight is 279 g/mol. The van der Waals surface area contributed by atoms with E-state index in [1.54, 1.807) is 7.11 Å². The molecule has 0 bridgehead atoms. The van der Waals surface area contributed by atoms with E-state index in [2.05, 4.69) is 15.5 Å². The van der Waals surface area contributed by atoms with Crippen LogP contribution < -0.4 is 5.32 Å². The molecule has 0 aromatic carbocycles. The van der Waals surface area contributed by atoms with Crippen molar-refractivity contribution in [3.8, 4) is 0 Å². The lowest BCUT2D eigenvalue weighted by Crippen LogP contribution is -2.34. The molecule has 5 nitrogen and oxygen atoms in total. The normalized spacial score (nSPS) is 25.9. The summed E-state index contributed by atoms with van der Waals surface area (Å²) in [6.07, 6.45) is 10.2. The maximum absolute atomic E-state index is 5.70. The summed E-state index contributed by atoms with van der Waals surface area (Å²) in [6, 6.07) is 0.613. The molecule has 0 spiro atoms. The van der Waals surface area contributed by atoms with Gasteiger partial charge in [-0.3, -0.25) is 0 Å². The van der Waals surface area contributed by atoms with E-state index in [1.807, 2.05) is 0 Å². The SMILES string of the molecule is COC1(c2noc(CCC3CCCCN3)n2)CCCC1. The van der Waals surface area contributed by atoms with Crippen molar-refractivity contribution in [3.05, 3.63) is 11.7 Å². The molecule has 0 radical (unpaired) electrons. The fourth-order valence-electron chi connectivity index (χ4n) is 3.47. The van der Waals surface area contributed by atoms with Crippen LogP contribution in [-0.2, 0) is 16.8 Å². The summed E-state index contributed by atoms with van der Waals surface area (Å²) in [5.41, 5.74) is -0.287. The molecule has 1 aliphatic carbocycles. The molecule has 1 saturated carbocycles. The standard InChI is InChI=1S/C15H25N3O2/c1-19-15(9-3-4-10-15)14-17-13(20-18-14)8-7-12-6-2-5-11-16-12/h12,16H,2-11H2,1H3. The molecule has 1 unspecified atom stereocenters. The molecular formula is C15H25N3O2. The Morgan fingerprint density at radius 1 is 1.30 bits per heavy atom. The summed E-state index contributed by atoms with van der Waals surface area (Å²) in [7, 11) is 1.76. The molecule has 20 heavy (non-hydrogen) atoms. The van der Waals surface area contributed by atoms with E-state index < -0.39 is 0 Å². The quantitative estimate of drug-likeness (QED) is 0.897. The van der Waals surface area contributed by atoms with Crippen LogP contribution in [0.5, 0.6) is 0 Å². The Morgan fingerprint density at radius 2 is 2.15 bits per heavy atom. The maximum Gasteiger partial charge on any atom is 0.226 e. The number of hydrogen-bond donors (Lipinski definition) is 1. The summed E-state index contributed by atoms with van der Waals surface area (Å²) in [4.78, 5) is 4.59. The first-order valence-corrected chi connectivity index (χ1v) is 7.94. The van der Waals surface area contributed by atoms with Gasteiger partial charge in [-0.15, -0.1) is 0 Å². The predicted molar refractivity (Wildman–Crippen MR) is 75.4 cm³/mol. The van der Waals surface area contributed by atoms with Gasteiger partial charge in [-0.2, -0.15) is 4.98 Å². The minimum Gasteiger partial charge on any atom is -0.370 e. The topological polar surface area (TPSA) is 60.2 Å². The zero-order valence-electron chi connectivity index (χ0n) is 12.4. The van der Waals surface area contributed by atoms with Crippen LogP contribution in [-0.4, -0.2) is 29.8 Å². The summed E-state index contributed by atoms with van der Waals surface area (Å²) in [5, 5.41) is 7.73. The van der Waals surface area contributed by atoms with Gasteiger partial charge in [-0.1, -0.05) is 11.6 Å². The van der Waals surface area contributed by atoms with Crippen LogP contribution in [0.25, 0.3) is 0 Å². The number of ether oxygens (including phenoxy) is 1. The lowest BCUT2D eigenvalue weighted by atomic mass is 10.0. The third-order valence-corrected chi connectivity index (χ3v) is 4.80. The van der Waals surface area contributed by atoms with E-state index in [9.17, 15) is 0 Å². The molecule has 1 saturated heterocycles. The smallest absolute Gasteiger partial charge is 0.226 e. The van der Waals surface area contributed by atoms with E-state index in [4.69, 9.17) is 9.26 Å². The van der Waals surface area contributed by atoms with Gasteiger partial charge < -0.3 is 14.6 Å². The molecule has 1 aromatic rings. The minimum absolute atomic E-state index is 0.287. The first-order chi connectivity index (χ1) is 9.82. The van der Waals surface area contributed by atoms with Gasteiger partial charge in [0.2, 0.25) is 11.7 Å². The van der Waals surface area contributed by atoms with Crippen LogP contribution in [0, 0.1) is 0 Å². The molecule has 112 valence electrons. The van der Waals surface area contributed by atoms with Crippen LogP contribution in [0.1, 0.15) is 63.1 Å². The van der Waals surface area contributed by atoms with Crippen molar-refractivity contribution in [2.24, 2.45) is 0 Å². The van der Waals surface area contributed by atoms with Crippen molar-refractivity contribution >= 4 is 0 Å². The zero-order chi connectivity index (χ0) is 13.8. The van der Waals surface area contributed by atoms with Gasteiger partial charge >= 0.3 is 0 Å². The molecule has 1 N–H and O–H groups in total. The molecule has 1 aromatic heterocycles. The fourth-order valence-corrected chi connectivity index (χ4v) is 3.47. The van der Waals surface area contributed by atoms with Crippen molar-refractivity contribution in [1.82, 2.24) is 15.5 Å². The highest BCUT2D eigenvalue weighted by Gasteiger charge is 2.40. The van der Waals surface area contributed by atoms with Crippen molar-refractivity contribution in [1.29, 1.82) is 0 Å². The van der Waals surface area contributed by atoms with Crippen molar-refractivity contribution in [3.63, 3.8) is 0 Å². The third kappa shape index (κ3) is 2.88. The van der Waals surface area contributed by atoms with Gasteiger partial charge in [0.05, 0.1) is 0 Å². The lowest BCUT2D eigenvalue weighted by Gasteiger charge is -2.23. The van der Waals surface area contributed by atoms with Gasteiger partial charge in [-0.25, -0.2) is 0 Å². The van der Waals surface area contributed by atoms with Gasteiger partial charge in [0.25, 0.3) is 0 Å². The highest BCUT2D eigenvalue weighted by molar-refractivity contribution is 5.04. The number of aromatic nitrogens is 2. The molecule has 1 aliphatic heterocycles. The largest absolute Gasteiger partial charge is 0.370 e. The molecule has 1 atom stereocenters. The Labute approximate surface area is 120 Å². The van der Waals surface area contributed by atoms with Crippen LogP contribution in [0.2, 0.25) is 0 Å². The van der Waals surface area contributed by atoms with Crippen LogP contribution >= 0.6 is 0 Å². The van der Waals surface area contributed by atoms with Gasteiger partial charge in [-0.05, 0) is 51.5 Å². The minimum atomic E-state index is -0.287. The lowest BCUT2D eigenvalue weighted by molar-refractivity contribution is -0.0178. The number of nitrogens with zero attached hydrogens (tertiary/aromatic N) is 2. The summed E-state index contributed by atoms with van der Waals surface area (Å²) in [5.74, 6) is 1.51. The Bertz CT molecular complexity index is 421. The molecular weight excluding hydrogens is 254 g/mol. The third-order valence-electron chi connectivity index (χ3n) is 4.80. The first-order valence-electron chi connectivity index (χ1n) is 7.94. The Kier molecular flexibility index (Phi) is 4.36. The maximum atomic E-state index is 5.70. The van der Waals surface area contributed by atoms with E-state index in [1.165, 1.54) is 32.1 Å². The van der Waals surface area contributed by atoms with Crippen molar-refractivity contribution in [2.75, 3.05) is 13.7 Å². The highest BCUT2D eigenvalue weighted by Crippen LogP contribution is 2.40. The van der Waals surface area contributed by atoms with Crippen LogP contribution in [0.15, 0.2) is 4.52 Å². The number of nitrogens with one attached hydrogen (secondary N) is 1. The molecule has 3 rings (SSSR count). The summed E-state index contributed by atoms with van der Waals surface area (Å²) >= 11 is 0. The zero-order valence-corrected chi connectivity index (χ0v) is 12.4. The number of piperidine rings is 1. The number of aryl methyl sites for hydroxylation is 1. The number of hydrogen-bond acceptors (Lipinski definition) is 5. The van der Waals surface area contributed by atoms with Gasteiger partial charge in [0.1, 0.15) is 5.60 Å². The Balaban J connectivity index is 1.58. The van der Waals surface area contributed by atoms with E-state index in [-0.39, 0.29) is 5.60 Å².